The highest BCUT2D eigenvalue weighted by Crippen LogP contribution is 2.29. The van der Waals surface area contributed by atoms with Crippen LogP contribution in [-0.2, 0) is 9.63 Å². The molecule has 3 unspecified atom stereocenters. The molecule has 0 radical (unpaired) electrons. The third-order valence-electron chi connectivity index (χ3n) is 4.04. The van der Waals surface area contributed by atoms with Crippen molar-refractivity contribution < 1.29 is 19.8 Å². The Morgan fingerprint density at radius 2 is 1.78 bits per heavy atom. The first-order valence-electron chi connectivity index (χ1n) is 6.47. The molecule has 0 rings (SSSR count). The molecule has 2 N–H and O–H groups in total. The lowest BCUT2D eigenvalue weighted by atomic mass is 9.78. The third-order valence-corrected chi connectivity index (χ3v) is 4.04. The molecule has 0 aliphatic carbocycles. The largest absolute Gasteiger partial charge is 0.390 e. The standard InChI is InChI=1S/C13H27NO4/c1-7-13(17,8-2)11(15)9(3)10(4)12(16)14(5)18-6/h9-11,15,17H,7-8H2,1-6H3. The number of aliphatic hydroxyl groups is 2. The van der Waals surface area contributed by atoms with Crippen molar-refractivity contribution in [2.45, 2.75) is 52.2 Å². The quantitative estimate of drug-likeness (QED) is 0.675. The van der Waals surface area contributed by atoms with Crippen LogP contribution in [0.15, 0.2) is 0 Å². The number of hydrogen-bond acceptors (Lipinski definition) is 4. The van der Waals surface area contributed by atoms with Gasteiger partial charge in [-0.15, -0.1) is 0 Å². The Morgan fingerprint density at radius 3 is 2.11 bits per heavy atom. The Morgan fingerprint density at radius 1 is 1.33 bits per heavy atom. The van der Waals surface area contributed by atoms with Crippen molar-refractivity contribution in [2.24, 2.45) is 11.8 Å². The van der Waals surface area contributed by atoms with Crippen molar-refractivity contribution in [1.29, 1.82) is 0 Å². The van der Waals surface area contributed by atoms with Crippen molar-refractivity contribution in [3.05, 3.63) is 0 Å². The second-order valence-electron chi connectivity index (χ2n) is 4.92. The molecule has 0 spiro atoms. The van der Waals surface area contributed by atoms with Gasteiger partial charge in [0.2, 0.25) is 5.91 Å². The molecule has 3 atom stereocenters. The lowest BCUT2D eigenvalue weighted by Crippen LogP contribution is -2.49. The summed E-state index contributed by atoms with van der Waals surface area (Å²) in [6.45, 7) is 7.16. The average Bonchev–Trinajstić information content (AvgIpc) is 2.41. The molecule has 5 heteroatoms. The van der Waals surface area contributed by atoms with E-state index in [4.69, 9.17) is 4.84 Å². The molecule has 0 saturated carbocycles. The molecule has 0 aliphatic heterocycles. The van der Waals surface area contributed by atoms with E-state index in [0.717, 1.165) is 5.06 Å². The molecular formula is C13H27NO4. The van der Waals surface area contributed by atoms with Crippen molar-refractivity contribution in [2.75, 3.05) is 14.2 Å². The Balaban J connectivity index is 4.83. The first-order valence-corrected chi connectivity index (χ1v) is 6.47. The molecule has 0 fully saturated rings. The normalized spacial score (nSPS) is 17.1. The number of amides is 1. The van der Waals surface area contributed by atoms with Crippen molar-refractivity contribution in [3.63, 3.8) is 0 Å². The zero-order valence-electron chi connectivity index (χ0n) is 12.3. The third kappa shape index (κ3) is 3.67. The fourth-order valence-corrected chi connectivity index (χ4v) is 2.03. The molecule has 0 bridgehead atoms. The second-order valence-corrected chi connectivity index (χ2v) is 4.92. The van der Waals surface area contributed by atoms with Crippen LogP contribution in [-0.4, -0.2) is 47.0 Å². The fraction of sp³-hybridized carbons (Fsp3) is 0.923. The van der Waals surface area contributed by atoms with Gasteiger partial charge in [-0.2, -0.15) is 0 Å². The summed E-state index contributed by atoms with van der Waals surface area (Å²) in [6.07, 6.45) is -0.0248. The predicted molar refractivity (Wildman–Crippen MR) is 69.6 cm³/mol. The summed E-state index contributed by atoms with van der Waals surface area (Å²) >= 11 is 0. The lowest BCUT2D eigenvalue weighted by Gasteiger charge is -2.37. The van der Waals surface area contributed by atoms with Crippen molar-refractivity contribution in [1.82, 2.24) is 5.06 Å². The predicted octanol–water partition coefficient (Wildman–Crippen LogP) is 1.19. The molecule has 0 aromatic rings. The summed E-state index contributed by atoms with van der Waals surface area (Å²) in [6, 6.07) is 0. The number of nitrogens with zero attached hydrogens (tertiary/aromatic N) is 1. The van der Waals surface area contributed by atoms with Gasteiger partial charge in [-0.25, -0.2) is 5.06 Å². The summed E-state index contributed by atoms with van der Waals surface area (Å²) in [4.78, 5) is 16.8. The van der Waals surface area contributed by atoms with Gasteiger partial charge in [0.1, 0.15) is 0 Å². The molecule has 1 amide bonds. The van der Waals surface area contributed by atoms with Crippen LogP contribution in [0.25, 0.3) is 0 Å². The maximum Gasteiger partial charge on any atom is 0.249 e. The molecule has 18 heavy (non-hydrogen) atoms. The summed E-state index contributed by atoms with van der Waals surface area (Å²) in [5.74, 6) is -0.979. The Labute approximate surface area is 110 Å². The lowest BCUT2D eigenvalue weighted by molar-refractivity contribution is -0.179. The van der Waals surface area contributed by atoms with E-state index in [1.807, 2.05) is 13.8 Å². The van der Waals surface area contributed by atoms with Gasteiger partial charge in [0.15, 0.2) is 0 Å². The molecule has 0 saturated heterocycles. The summed E-state index contributed by atoms with van der Waals surface area (Å²) in [7, 11) is 2.95. The van der Waals surface area contributed by atoms with E-state index in [1.54, 1.807) is 13.8 Å². The van der Waals surface area contributed by atoms with Gasteiger partial charge in [0, 0.05) is 13.0 Å². The second kappa shape index (κ2) is 7.07. The summed E-state index contributed by atoms with van der Waals surface area (Å²) in [5.41, 5.74) is -1.14. The van der Waals surface area contributed by atoms with E-state index < -0.39 is 17.6 Å². The highest BCUT2D eigenvalue weighted by Gasteiger charge is 2.39. The number of carbonyl (C=O) groups excluding carboxylic acids is 1. The zero-order valence-corrected chi connectivity index (χ0v) is 12.3. The van der Waals surface area contributed by atoms with Crippen LogP contribution in [0, 0.1) is 11.8 Å². The highest BCUT2D eigenvalue weighted by atomic mass is 16.7. The zero-order chi connectivity index (χ0) is 14.5. The van der Waals surface area contributed by atoms with E-state index in [0.29, 0.717) is 12.8 Å². The smallest absolute Gasteiger partial charge is 0.249 e. The van der Waals surface area contributed by atoms with Crippen LogP contribution in [0.2, 0.25) is 0 Å². The molecule has 108 valence electrons. The van der Waals surface area contributed by atoms with Gasteiger partial charge in [-0.3, -0.25) is 9.63 Å². The van der Waals surface area contributed by atoms with Crippen molar-refractivity contribution in [3.8, 4) is 0 Å². The highest BCUT2D eigenvalue weighted by molar-refractivity contribution is 5.77. The number of hydroxylamine groups is 2. The van der Waals surface area contributed by atoms with Crippen LogP contribution in [0.3, 0.4) is 0 Å². The Hall–Kier alpha value is -0.650. The molecular weight excluding hydrogens is 234 g/mol. The van der Waals surface area contributed by atoms with E-state index in [9.17, 15) is 15.0 Å². The topological polar surface area (TPSA) is 70.0 Å². The van der Waals surface area contributed by atoms with Gasteiger partial charge in [-0.1, -0.05) is 27.7 Å². The van der Waals surface area contributed by atoms with Crippen LogP contribution in [0.5, 0.6) is 0 Å². The van der Waals surface area contributed by atoms with Gasteiger partial charge < -0.3 is 10.2 Å². The maximum absolute atomic E-state index is 11.9. The van der Waals surface area contributed by atoms with Crippen LogP contribution < -0.4 is 0 Å². The Kier molecular flexibility index (Phi) is 6.81. The van der Waals surface area contributed by atoms with E-state index in [-0.39, 0.29) is 11.8 Å². The minimum absolute atomic E-state index is 0.210. The number of rotatable bonds is 7. The van der Waals surface area contributed by atoms with Crippen LogP contribution >= 0.6 is 0 Å². The fourth-order valence-electron chi connectivity index (χ4n) is 2.03. The van der Waals surface area contributed by atoms with E-state index in [2.05, 4.69) is 0 Å². The van der Waals surface area contributed by atoms with Crippen molar-refractivity contribution >= 4 is 5.91 Å². The summed E-state index contributed by atoms with van der Waals surface area (Å²) < 4.78 is 0. The molecule has 5 nitrogen and oxygen atoms in total. The minimum atomic E-state index is -1.14. The van der Waals surface area contributed by atoms with Gasteiger partial charge in [0.05, 0.1) is 18.8 Å². The van der Waals surface area contributed by atoms with Gasteiger partial charge in [0.25, 0.3) is 0 Å². The van der Waals surface area contributed by atoms with Crippen LogP contribution in [0.4, 0.5) is 0 Å². The maximum atomic E-state index is 11.9. The monoisotopic (exact) mass is 261 g/mol. The first-order chi connectivity index (χ1) is 8.25. The molecule has 0 heterocycles. The SMILES string of the molecule is CCC(O)(CC)C(O)C(C)C(C)C(=O)N(C)OC. The minimum Gasteiger partial charge on any atom is -0.390 e. The van der Waals surface area contributed by atoms with E-state index >= 15 is 0 Å². The Bertz CT molecular complexity index is 266. The molecule has 0 aromatic carbocycles. The summed E-state index contributed by atoms with van der Waals surface area (Å²) in [5, 5.41) is 21.7. The number of hydrogen-bond donors (Lipinski definition) is 2. The molecule has 0 aliphatic rings. The molecule has 0 aromatic heterocycles. The van der Waals surface area contributed by atoms with E-state index in [1.165, 1.54) is 14.2 Å². The number of carbonyl (C=O) groups is 1. The van der Waals surface area contributed by atoms with Crippen LogP contribution in [0.1, 0.15) is 40.5 Å². The van der Waals surface area contributed by atoms with Gasteiger partial charge >= 0.3 is 0 Å². The van der Waals surface area contributed by atoms with Gasteiger partial charge in [-0.05, 0) is 18.8 Å². The number of aliphatic hydroxyl groups excluding tert-OH is 1. The average molecular weight is 261 g/mol. The first kappa shape index (κ1) is 17.4.